The molecule has 1 aliphatic rings. The van der Waals surface area contributed by atoms with E-state index in [0.29, 0.717) is 0 Å². The minimum atomic E-state index is 0.781. The molecule has 0 unspecified atom stereocenters. The zero-order chi connectivity index (χ0) is 12.9. The molecule has 2 aromatic rings. The maximum atomic E-state index is 4.20. The monoisotopic (exact) mass is 273 g/mol. The molecule has 1 aliphatic carbocycles. The topological polar surface area (TPSA) is 29.9 Å². The smallest absolute Gasteiger partial charge is 0.0503 e. The van der Waals surface area contributed by atoms with E-state index >= 15 is 0 Å². The van der Waals surface area contributed by atoms with Crippen LogP contribution in [0.2, 0.25) is 0 Å². The molecule has 0 spiro atoms. The SMILES string of the molecule is c1cnn(CCSc2ccc(CNC3CC3)cc2)c1. The van der Waals surface area contributed by atoms with Gasteiger partial charge in [-0.1, -0.05) is 12.1 Å². The van der Waals surface area contributed by atoms with Gasteiger partial charge in [-0.2, -0.15) is 5.10 Å². The lowest BCUT2D eigenvalue weighted by Gasteiger charge is -2.05. The van der Waals surface area contributed by atoms with Crippen molar-refractivity contribution in [3.8, 4) is 0 Å². The van der Waals surface area contributed by atoms with E-state index in [1.807, 2.05) is 34.9 Å². The Morgan fingerprint density at radius 1 is 1.26 bits per heavy atom. The highest BCUT2D eigenvalue weighted by Crippen LogP contribution is 2.21. The Labute approximate surface area is 118 Å². The molecule has 1 aromatic heterocycles. The highest BCUT2D eigenvalue weighted by atomic mass is 32.2. The first kappa shape index (κ1) is 12.8. The van der Waals surface area contributed by atoms with Gasteiger partial charge in [0.15, 0.2) is 0 Å². The summed E-state index contributed by atoms with van der Waals surface area (Å²) in [5.41, 5.74) is 1.38. The van der Waals surface area contributed by atoms with Gasteiger partial charge in [0.25, 0.3) is 0 Å². The van der Waals surface area contributed by atoms with Gasteiger partial charge < -0.3 is 5.32 Å². The van der Waals surface area contributed by atoms with E-state index in [0.717, 1.165) is 24.9 Å². The van der Waals surface area contributed by atoms with Gasteiger partial charge >= 0.3 is 0 Å². The van der Waals surface area contributed by atoms with Gasteiger partial charge in [-0.05, 0) is 36.6 Å². The van der Waals surface area contributed by atoms with Gasteiger partial charge in [0.1, 0.15) is 0 Å². The van der Waals surface area contributed by atoms with Gasteiger partial charge in [-0.3, -0.25) is 4.68 Å². The Kier molecular flexibility index (Phi) is 4.20. The third-order valence-electron chi connectivity index (χ3n) is 3.24. The second-order valence-corrected chi connectivity index (χ2v) is 6.09. The third kappa shape index (κ3) is 4.11. The summed E-state index contributed by atoms with van der Waals surface area (Å²) >= 11 is 1.88. The maximum absolute atomic E-state index is 4.20. The van der Waals surface area contributed by atoms with Gasteiger partial charge in [-0.25, -0.2) is 0 Å². The standard InChI is InChI=1S/C15H19N3S/c1-8-17-18(9-1)10-11-19-15-6-2-13(3-7-15)12-16-14-4-5-14/h1-3,6-9,14,16H,4-5,10-12H2. The van der Waals surface area contributed by atoms with E-state index in [2.05, 4.69) is 34.7 Å². The van der Waals surface area contributed by atoms with Crippen LogP contribution >= 0.6 is 11.8 Å². The molecule has 0 aliphatic heterocycles. The van der Waals surface area contributed by atoms with Crippen molar-refractivity contribution in [2.24, 2.45) is 0 Å². The molecule has 100 valence electrons. The first-order valence-corrected chi connectivity index (χ1v) is 7.81. The Balaban J connectivity index is 1.42. The number of aromatic nitrogens is 2. The van der Waals surface area contributed by atoms with Crippen LogP contribution in [-0.2, 0) is 13.1 Å². The van der Waals surface area contributed by atoms with E-state index in [4.69, 9.17) is 0 Å². The molecule has 0 bridgehead atoms. The van der Waals surface area contributed by atoms with Crippen LogP contribution in [0.1, 0.15) is 18.4 Å². The van der Waals surface area contributed by atoms with Gasteiger partial charge in [0.2, 0.25) is 0 Å². The minimum Gasteiger partial charge on any atom is -0.310 e. The number of nitrogens with zero attached hydrogens (tertiary/aromatic N) is 2. The predicted molar refractivity (Wildman–Crippen MR) is 79.3 cm³/mol. The quantitative estimate of drug-likeness (QED) is 0.787. The Hall–Kier alpha value is -1.26. The van der Waals surface area contributed by atoms with Crippen LogP contribution in [0.3, 0.4) is 0 Å². The number of nitrogens with one attached hydrogen (secondary N) is 1. The number of hydrogen-bond donors (Lipinski definition) is 1. The number of aryl methyl sites for hydroxylation is 1. The lowest BCUT2D eigenvalue weighted by atomic mass is 10.2. The van der Waals surface area contributed by atoms with Crippen LogP contribution in [0, 0.1) is 0 Å². The number of hydrogen-bond acceptors (Lipinski definition) is 3. The molecule has 1 aromatic carbocycles. The summed E-state index contributed by atoms with van der Waals surface area (Å²) in [5.74, 6) is 1.06. The van der Waals surface area contributed by atoms with E-state index in [1.54, 1.807) is 0 Å². The molecule has 1 heterocycles. The highest BCUT2D eigenvalue weighted by Gasteiger charge is 2.19. The van der Waals surface area contributed by atoms with Crippen molar-refractivity contribution >= 4 is 11.8 Å². The minimum absolute atomic E-state index is 0.781. The second-order valence-electron chi connectivity index (χ2n) is 4.92. The molecule has 1 fully saturated rings. The lowest BCUT2D eigenvalue weighted by molar-refractivity contribution is 0.666. The molecule has 0 atom stereocenters. The molecule has 3 rings (SSSR count). The van der Waals surface area contributed by atoms with Crippen LogP contribution < -0.4 is 5.32 Å². The molecular formula is C15H19N3S. The summed E-state index contributed by atoms with van der Waals surface area (Å²) in [6.07, 6.45) is 6.53. The van der Waals surface area contributed by atoms with E-state index < -0.39 is 0 Å². The van der Waals surface area contributed by atoms with Gasteiger partial charge in [0.05, 0.1) is 6.54 Å². The molecule has 0 amide bonds. The summed E-state index contributed by atoms with van der Waals surface area (Å²) < 4.78 is 1.97. The molecule has 0 saturated heterocycles. The van der Waals surface area contributed by atoms with Crippen LogP contribution in [0.15, 0.2) is 47.6 Å². The third-order valence-corrected chi connectivity index (χ3v) is 4.24. The second kappa shape index (κ2) is 6.26. The van der Waals surface area contributed by atoms with Gasteiger partial charge in [0, 0.05) is 35.6 Å². The van der Waals surface area contributed by atoms with E-state index in [-0.39, 0.29) is 0 Å². The van der Waals surface area contributed by atoms with Gasteiger partial charge in [-0.15, -0.1) is 11.8 Å². The van der Waals surface area contributed by atoms with Crippen molar-refractivity contribution in [2.75, 3.05) is 5.75 Å². The summed E-state index contributed by atoms with van der Waals surface area (Å²) in [5, 5.41) is 7.74. The Morgan fingerprint density at radius 2 is 2.11 bits per heavy atom. The van der Waals surface area contributed by atoms with Crippen LogP contribution in [0.25, 0.3) is 0 Å². The molecule has 1 saturated carbocycles. The summed E-state index contributed by atoms with van der Waals surface area (Å²) in [6.45, 7) is 1.96. The Morgan fingerprint density at radius 3 is 2.79 bits per heavy atom. The van der Waals surface area contributed by atoms with Crippen molar-refractivity contribution in [1.29, 1.82) is 0 Å². The highest BCUT2D eigenvalue weighted by molar-refractivity contribution is 7.99. The molecule has 1 N–H and O–H groups in total. The van der Waals surface area contributed by atoms with Crippen LogP contribution in [0.4, 0.5) is 0 Å². The van der Waals surface area contributed by atoms with Crippen molar-refractivity contribution in [1.82, 2.24) is 15.1 Å². The number of rotatable bonds is 7. The Bertz CT molecular complexity index is 489. The first-order valence-electron chi connectivity index (χ1n) is 6.83. The first-order chi connectivity index (χ1) is 9.40. The van der Waals surface area contributed by atoms with Crippen molar-refractivity contribution < 1.29 is 0 Å². The fourth-order valence-electron chi connectivity index (χ4n) is 1.94. The van der Waals surface area contributed by atoms with E-state index in [1.165, 1.54) is 23.3 Å². The lowest BCUT2D eigenvalue weighted by Crippen LogP contribution is -2.14. The molecule has 4 heteroatoms. The molecule has 3 nitrogen and oxygen atoms in total. The number of thioether (sulfide) groups is 1. The van der Waals surface area contributed by atoms with Crippen LogP contribution in [-0.4, -0.2) is 21.6 Å². The fraction of sp³-hybridized carbons (Fsp3) is 0.400. The average molecular weight is 273 g/mol. The fourth-order valence-corrected chi connectivity index (χ4v) is 2.79. The summed E-state index contributed by atoms with van der Waals surface area (Å²) in [7, 11) is 0. The molecule has 19 heavy (non-hydrogen) atoms. The summed E-state index contributed by atoms with van der Waals surface area (Å²) in [6, 6.07) is 11.6. The molecule has 0 radical (unpaired) electrons. The maximum Gasteiger partial charge on any atom is 0.0503 e. The molecular weight excluding hydrogens is 254 g/mol. The predicted octanol–water partition coefficient (Wildman–Crippen LogP) is 2.93. The van der Waals surface area contributed by atoms with Crippen molar-refractivity contribution in [3.05, 3.63) is 48.3 Å². The number of benzene rings is 1. The van der Waals surface area contributed by atoms with Crippen LogP contribution in [0.5, 0.6) is 0 Å². The zero-order valence-corrected chi connectivity index (χ0v) is 11.8. The zero-order valence-electron chi connectivity index (χ0n) is 11.0. The van der Waals surface area contributed by atoms with Crippen molar-refractivity contribution in [2.45, 2.75) is 36.9 Å². The van der Waals surface area contributed by atoms with E-state index in [9.17, 15) is 0 Å². The average Bonchev–Trinajstić information content (AvgIpc) is 3.13. The largest absolute Gasteiger partial charge is 0.310 e. The van der Waals surface area contributed by atoms with Crippen molar-refractivity contribution in [3.63, 3.8) is 0 Å². The summed E-state index contributed by atoms with van der Waals surface area (Å²) in [4.78, 5) is 1.34. The normalized spacial score (nSPS) is 14.7.